The Morgan fingerprint density at radius 1 is 1.22 bits per heavy atom. The second-order valence-corrected chi connectivity index (χ2v) is 8.96. The van der Waals surface area contributed by atoms with Crippen molar-refractivity contribution < 1.29 is 18.3 Å². The zero-order valence-corrected chi connectivity index (χ0v) is 14.0. The number of aliphatic hydroxyl groups is 1. The Balaban J connectivity index is 1.86. The minimum Gasteiger partial charge on any atom is -0.389 e. The van der Waals surface area contributed by atoms with Crippen LogP contribution < -0.4 is 0 Å². The van der Waals surface area contributed by atoms with Gasteiger partial charge in [0.2, 0.25) is 5.91 Å². The smallest absolute Gasteiger partial charge is 0.226 e. The summed E-state index contributed by atoms with van der Waals surface area (Å²) in [4.78, 5) is 14.4. The second kappa shape index (κ2) is 6.24. The Kier molecular flexibility index (Phi) is 4.47. The van der Waals surface area contributed by atoms with Crippen molar-refractivity contribution in [3.63, 3.8) is 0 Å². The third-order valence-electron chi connectivity index (χ3n) is 4.91. The van der Waals surface area contributed by atoms with Gasteiger partial charge in [0.25, 0.3) is 0 Å². The molecule has 1 aliphatic carbocycles. The summed E-state index contributed by atoms with van der Waals surface area (Å²) in [5, 5.41) is 10.3. The molecular weight excluding hydrogens is 314 g/mol. The van der Waals surface area contributed by atoms with Crippen LogP contribution in [0.1, 0.15) is 43.7 Å². The van der Waals surface area contributed by atoms with E-state index in [1.165, 1.54) is 0 Å². The van der Waals surface area contributed by atoms with E-state index in [0.717, 1.165) is 12.0 Å². The zero-order valence-electron chi connectivity index (χ0n) is 13.1. The summed E-state index contributed by atoms with van der Waals surface area (Å²) in [7, 11) is -3.17. The van der Waals surface area contributed by atoms with E-state index in [4.69, 9.17) is 0 Å². The average Bonchev–Trinajstić information content (AvgIpc) is 2.64. The number of rotatable bonds is 3. The van der Waals surface area contributed by atoms with Gasteiger partial charge in [0.15, 0.2) is 9.84 Å². The van der Waals surface area contributed by atoms with E-state index >= 15 is 0 Å². The third-order valence-corrected chi connectivity index (χ3v) is 6.65. The predicted octanol–water partition coefficient (Wildman–Crippen LogP) is 1.68. The van der Waals surface area contributed by atoms with Crippen molar-refractivity contribution in [2.75, 3.05) is 18.1 Å². The van der Waals surface area contributed by atoms with Crippen LogP contribution in [0.3, 0.4) is 0 Å². The van der Waals surface area contributed by atoms with Crippen LogP contribution in [-0.2, 0) is 14.6 Å². The number of amides is 1. The molecule has 1 aliphatic heterocycles. The first kappa shape index (κ1) is 16.5. The number of sulfone groups is 1. The molecule has 2 aliphatic rings. The maximum Gasteiger partial charge on any atom is 0.226 e. The molecular formula is C17H23NO4S. The van der Waals surface area contributed by atoms with E-state index in [2.05, 4.69) is 0 Å². The van der Waals surface area contributed by atoms with Gasteiger partial charge in [-0.1, -0.05) is 30.3 Å². The van der Waals surface area contributed by atoms with Crippen LogP contribution >= 0.6 is 0 Å². The predicted molar refractivity (Wildman–Crippen MR) is 87.6 cm³/mol. The largest absolute Gasteiger partial charge is 0.389 e. The van der Waals surface area contributed by atoms with E-state index in [9.17, 15) is 18.3 Å². The fourth-order valence-electron chi connectivity index (χ4n) is 3.42. The van der Waals surface area contributed by atoms with Crippen molar-refractivity contribution in [2.24, 2.45) is 0 Å². The normalized spacial score (nSPS) is 26.1. The molecule has 126 valence electrons. The molecule has 0 radical (unpaired) electrons. The molecule has 1 heterocycles. The van der Waals surface area contributed by atoms with Gasteiger partial charge in [-0.25, -0.2) is 8.42 Å². The molecule has 0 aromatic heterocycles. The number of hydrogen-bond acceptors (Lipinski definition) is 4. The SMILES string of the molecule is O=C(CC1(O)CCC1)N1CCCS(=O)(=O)CC1c1ccccc1. The standard InChI is InChI=1S/C17H23NO4S/c19-16(12-17(20)8-4-9-17)18-10-5-11-23(21,22)13-15(18)14-6-2-1-3-7-14/h1-3,6-7,15,20H,4-5,8-13H2. The number of carbonyl (C=O) groups excluding carboxylic acids is 1. The van der Waals surface area contributed by atoms with Gasteiger partial charge in [-0.05, 0) is 31.2 Å². The van der Waals surface area contributed by atoms with Crippen LogP contribution in [0.25, 0.3) is 0 Å². The van der Waals surface area contributed by atoms with E-state index in [1.54, 1.807) is 4.90 Å². The monoisotopic (exact) mass is 337 g/mol. The van der Waals surface area contributed by atoms with Gasteiger partial charge in [0, 0.05) is 6.54 Å². The van der Waals surface area contributed by atoms with E-state index < -0.39 is 21.5 Å². The number of benzene rings is 1. The molecule has 1 unspecified atom stereocenters. The molecule has 2 fully saturated rings. The topological polar surface area (TPSA) is 74.7 Å². The summed E-state index contributed by atoms with van der Waals surface area (Å²) < 4.78 is 24.4. The van der Waals surface area contributed by atoms with Gasteiger partial charge in [0.05, 0.1) is 29.6 Å². The van der Waals surface area contributed by atoms with Gasteiger partial charge in [-0.2, -0.15) is 0 Å². The number of hydrogen-bond donors (Lipinski definition) is 1. The van der Waals surface area contributed by atoms with E-state index in [0.29, 0.717) is 25.8 Å². The molecule has 1 aromatic carbocycles. The summed E-state index contributed by atoms with van der Waals surface area (Å²) in [5.74, 6) is -0.0656. The molecule has 0 bridgehead atoms. The lowest BCUT2D eigenvalue weighted by atomic mass is 9.77. The van der Waals surface area contributed by atoms with Crippen molar-refractivity contribution >= 4 is 15.7 Å². The summed E-state index contributed by atoms with van der Waals surface area (Å²) >= 11 is 0. The van der Waals surface area contributed by atoms with Crippen LogP contribution in [-0.4, -0.2) is 48.0 Å². The first-order chi connectivity index (χ1) is 10.9. The molecule has 1 aromatic rings. The molecule has 6 heteroatoms. The molecule has 5 nitrogen and oxygen atoms in total. The molecule has 23 heavy (non-hydrogen) atoms. The Morgan fingerprint density at radius 3 is 2.52 bits per heavy atom. The van der Waals surface area contributed by atoms with Crippen molar-refractivity contribution in [3.8, 4) is 0 Å². The molecule has 3 rings (SSSR count). The van der Waals surface area contributed by atoms with E-state index in [1.807, 2.05) is 30.3 Å². The fraction of sp³-hybridized carbons (Fsp3) is 0.588. The van der Waals surface area contributed by atoms with Crippen molar-refractivity contribution in [1.82, 2.24) is 4.90 Å². The highest BCUT2D eigenvalue weighted by atomic mass is 32.2. The Morgan fingerprint density at radius 2 is 1.91 bits per heavy atom. The minimum absolute atomic E-state index is 0.0405. The lowest BCUT2D eigenvalue weighted by Crippen LogP contribution is -2.45. The zero-order chi connectivity index (χ0) is 16.5. The van der Waals surface area contributed by atoms with Crippen LogP contribution in [0, 0.1) is 0 Å². The molecule has 0 spiro atoms. The van der Waals surface area contributed by atoms with Crippen LogP contribution in [0.15, 0.2) is 30.3 Å². The number of carbonyl (C=O) groups is 1. The highest BCUT2D eigenvalue weighted by Crippen LogP contribution is 2.36. The lowest BCUT2D eigenvalue weighted by Gasteiger charge is -2.39. The third kappa shape index (κ3) is 3.75. The van der Waals surface area contributed by atoms with E-state index in [-0.39, 0.29) is 23.8 Å². The van der Waals surface area contributed by atoms with Crippen molar-refractivity contribution in [2.45, 2.75) is 43.7 Å². The highest BCUT2D eigenvalue weighted by molar-refractivity contribution is 7.91. The maximum atomic E-state index is 12.7. The Bertz CT molecular complexity index is 667. The van der Waals surface area contributed by atoms with Gasteiger partial charge in [-0.15, -0.1) is 0 Å². The first-order valence-electron chi connectivity index (χ1n) is 8.16. The summed E-state index contributed by atoms with van der Waals surface area (Å²) in [6, 6.07) is 8.86. The maximum absolute atomic E-state index is 12.7. The van der Waals surface area contributed by atoms with Gasteiger partial charge < -0.3 is 10.0 Å². The fourth-order valence-corrected chi connectivity index (χ4v) is 5.01. The summed E-state index contributed by atoms with van der Waals surface area (Å²) in [6.07, 6.45) is 2.80. The van der Waals surface area contributed by atoms with Crippen molar-refractivity contribution in [1.29, 1.82) is 0 Å². The molecule has 1 amide bonds. The van der Waals surface area contributed by atoms with Gasteiger partial charge >= 0.3 is 0 Å². The van der Waals surface area contributed by atoms with Crippen LogP contribution in [0.4, 0.5) is 0 Å². The molecule has 1 N–H and O–H groups in total. The Labute approximate surface area is 137 Å². The van der Waals surface area contributed by atoms with Crippen molar-refractivity contribution in [3.05, 3.63) is 35.9 Å². The summed E-state index contributed by atoms with van der Waals surface area (Å²) in [6.45, 7) is 0.424. The first-order valence-corrected chi connectivity index (χ1v) is 9.98. The molecule has 1 saturated heterocycles. The quantitative estimate of drug-likeness (QED) is 0.911. The van der Waals surface area contributed by atoms with Gasteiger partial charge in [-0.3, -0.25) is 4.79 Å². The van der Waals surface area contributed by atoms with Crippen LogP contribution in [0.2, 0.25) is 0 Å². The molecule has 1 saturated carbocycles. The summed E-state index contributed by atoms with van der Waals surface area (Å²) in [5.41, 5.74) is -0.0457. The van der Waals surface area contributed by atoms with Crippen LogP contribution in [0.5, 0.6) is 0 Å². The minimum atomic E-state index is -3.17. The van der Waals surface area contributed by atoms with Gasteiger partial charge in [0.1, 0.15) is 0 Å². The average molecular weight is 337 g/mol. The second-order valence-electron chi connectivity index (χ2n) is 6.74. The lowest BCUT2D eigenvalue weighted by molar-refractivity contribution is -0.142. The number of nitrogens with zero attached hydrogens (tertiary/aromatic N) is 1. The highest BCUT2D eigenvalue weighted by Gasteiger charge is 2.40. The molecule has 1 atom stereocenters. The Hall–Kier alpha value is -1.40.